The van der Waals surface area contributed by atoms with Crippen LogP contribution in [0.4, 0.5) is 4.39 Å². The summed E-state index contributed by atoms with van der Waals surface area (Å²) < 4.78 is 39.5. The summed E-state index contributed by atoms with van der Waals surface area (Å²) in [5.41, 5.74) is 11.6. The molecule has 1 aliphatic rings. The number of benzene rings is 2. The molecule has 2 aromatic rings. The maximum Gasteiger partial charge on any atom is 0.182 e. The highest BCUT2D eigenvalue weighted by atomic mass is 32.2. The van der Waals surface area contributed by atoms with Gasteiger partial charge in [-0.25, -0.2) is 12.8 Å². The first-order valence-electron chi connectivity index (χ1n) is 7.42. The molecule has 0 radical (unpaired) electrons. The van der Waals surface area contributed by atoms with Crippen molar-refractivity contribution >= 4 is 9.84 Å². The Balaban J connectivity index is 2.07. The van der Waals surface area contributed by atoms with Crippen molar-refractivity contribution in [1.29, 1.82) is 0 Å². The van der Waals surface area contributed by atoms with Gasteiger partial charge in [-0.15, -0.1) is 0 Å². The van der Waals surface area contributed by atoms with Crippen molar-refractivity contribution in [2.75, 3.05) is 13.1 Å². The maximum atomic E-state index is 13.5. The van der Waals surface area contributed by atoms with Gasteiger partial charge in [0.15, 0.2) is 9.84 Å². The summed E-state index contributed by atoms with van der Waals surface area (Å²) >= 11 is 0. The highest BCUT2D eigenvalue weighted by molar-refractivity contribution is 7.92. The van der Waals surface area contributed by atoms with Crippen molar-refractivity contribution in [3.8, 4) is 0 Å². The fraction of sp³-hybridized carbons (Fsp3) is 0.294. The predicted molar refractivity (Wildman–Crippen MR) is 87.1 cm³/mol. The quantitative estimate of drug-likeness (QED) is 0.871. The van der Waals surface area contributed by atoms with Gasteiger partial charge in [-0.05, 0) is 29.8 Å². The molecule has 0 bridgehead atoms. The molecule has 0 aromatic heterocycles. The predicted octanol–water partition coefficient (Wildman–Crippen LogP) is 1.67. The molecular weight excluding hydrogens is 315 g/mol. The normalized spacial score (nSPS) is 22.7. The average molecular weight is 334 g/mol. The minimum absolute atomic E-state index is 0.140. The van der Waals surface area contributed by atoms with Crippen LogP contribution in [-0.4, -0.2) is 26.8 Å². The van der Waals surface area contributed by atoms with Crippen LogP contribution in [0.25, 0.3) is 0 Å². The lowest BCUT2D eigenvalue weighted by Gasteiger charge is -2.13. The summed E-state index contributed by atoms with van der Waals surface area (Å²) in [5.74, 6) is -0.786. The number of hydrogen-bond donors (Lipinski definition) is 2. The van der Waals surface area contributed by atoms with Gasteiger partial charge < -0.3 is 11.5 Å². The SMILES string of the molecule is NCC1(CN)[C@H](S(=O)(=O)c2ccccc2)[C@@H]1c1cccc(F)c1. The van der Waals surface area contributed by atoms with Crippen LogP contribution in [0.3, 0.4) is 0 Å². The Hall–Kier alpha value is -1.76. The Morgan fingerprint density at radius 1 is 1.00 bits per heavy atom. The van der Waals surface area contributed by atoms with Crippen molar-refractivity contribution < 1.29 is 12.8 Å². The number of halogens is 1. The Bertz CT molecular complexity index is 804. The minimum Gasteiger partial charge on any atom is -0.330 e. The summed E-state index contributed by atoms with van der Waals surface area (Å²) in [4.78, 5) is 0.246. The Labute approximate surface area is 135 Å². The third kappa shape index (κ3) is 2.47. The summed E-state index contributed by atoms with van der Waals surface area (Å²) in [6.45, 7) is 0.281. The van der Waals surface area contributed by atoms with Crippen LogP contribution in [0.15, 0.2) is 59.5 Å². The molecule has 0 heterocycles. The van der Waals surface area contributed by atoms with E-state index < -0.39 is 32.2 Å². The summed E-state index contributed by atoms with van der Waals surface area (Å²) in [6, 6.07) is 14.3. The van der Waals surface area contributed by atoms with Crippen LogP contribution >= 0.6 is 0 Å². The third-order valence-electron chi connectivity index (χ3n) is 4.75. The molecule has 1 aliphatic carbocycles. The first-order valence-corrected chi connectivity index (χ1v) is 8.96. The van der Waals surface area contributed by atoms with Gasteiger partial charge in [0.25, 0.3) is 0 Å². The van der Waals surface area contributed by atoms with Crippen molar-refractivity contribution in [1.82, 2.24) is 0 Å². The van der Waals surface area contributed by atoms with E-state index in [4.69, 9.17) is 11.5 Å². The molecule has 0 saturated heterocycles. The van der Waals surface area contributed by atoms with E-state index in [0.717, 1.165) is 0 Å². The molecule has 1 saturated carbocycles. The van der Waals surface area contributed by atoms with Gasteiger partial charge in [-0.1, -0.05) is 30.3 Å². The Morgan fingerprint density at radius 2 is 1.65 bits per heavy atom. The molecule has 0 aliphatic heterocycles. The lowest BCUT2D eigenvalue weighted by molar-refractivity contribution is 0.509. The lowest BCUT2D eigenvalue weighted by Crippen LogP contribution is -2.31. The Kier molecular flexibility index (Phi) is 4.00. The zero-order chi connectivity index (χ0) is 16.7. The standard InChI is InChI=1S/C17H19FN2O2S/c18-13-6-4-5-12(9-13)15-16(17(15,10-19)11-20)23(21,22)14-7-2-1-3-8-14/h1-9,15-16H,10-11,19-20H2/t15-,16+/m0/s1. The first kappa shape index (κ1) is 16.1. The molecule has 122 valence electrons. The Morgan fingerprint density at radius 3 is 2.22 bits per heavy atom. The van der Waals surface area contributed by atoms with E-state index in [0.29, 0.717) is 5.56 Å². The monoisotopic (exact) mass is 334 g/mol. The van der Waals surface area contributed by atoms with E-state index in [2.05, 4.69) is 0 Å². The van der Waals surface area contributed by atoms with Crippen molar-refractivity contribution in [2.24, 2.45) is 16.9 Å². The van der Waals surface area contributed by atoms with E-state index in [1.807, 2.05) is 0 Å². The van der Waals surface area contributed by atoms with Crippen molar-refractivity contribution in [3.05, 3.63) is 66.0 Å². The van der Waals surface area contributed by atoms with E-state index in [1.54, 1.807) is 42.5 Å². The molecule has 2 atom stereocenters. The summed E-state index contributed by atoms with van der Waals surface area (Å²) in [5, 5.41) is -0.728. The van der Waals surface area contributed by atoms with Crippen LogP contribution in [0.1, 0.15) is 11.5 Å². The summed E-state index contributed by atoms with van der Waals surface area (Å²) in [6.07, 6.45) is 0. The second kappa shape index (κ2) is 5.70. The van der Waals surface area contributed by atoms with Crippen LogP contribution < -0.4 is 11.5 Å². The lowest BCUT2D eigenvalue weighted by atomic mass is 9.99. The molecular formula is C17H19FN2O2S. The first-order chi connectivity index (χ1) is 11.0. The fourth-order valence-electron chi connectivity index (χ4n) is 3.47. The van der Waals surface area contributed by atoms with Crippen LogP contribution in [0.5, 0.6) is 0 Å². The maximum absolute atomic E-state index is 13.5. The molecule has 4 N–H and O–H groups in total. The van der Waals surface area contributed by atoms with Gasteiger partial charge in [0.2, 0.25) is 0 Å². The molecule has 23 heavy (non-hydrogen) atoms. The summed E-state index contributed by atoms with van der Waals surface area (Å²) in [7, 11) is -3.59. The smallest absolute Gasteiger partial charge is 0.182 e. The third-order valence-corrected chi connectivity index (χ3v) is 7.09. The van der Waals surface area contributed by atoms with Crippen molar-refractivity contribution in [3.63, 3.8) is 0 Å². The number of hydrogen-bond acceptors (Lipinski definition) is 4. The number of nitrogens with two attached hydrogens (primary N) is 2. The van der Waals surface area contributed by atoms with Gasteiger partial charge in [-0.3, -0.25) is 0 Å². The molecule has 0 spiro atoms. The molecule has 6 heteroatoms. The second-order valence-electron chi connectivity index (χ2n) is 5.95. The van der Waals surface area contributed by atoms with Gasteiger partial charge in [0.1, 0.15) is 5.82 Å². The van der Waals surface area contributed by atoms with E-state index in [9.17, 15) is 12.8 Å². The highest BCUT2D eigenvalue weighted by Crippen LogP contribution is 2.62. The van der Waals surface area contributed by atoms with E-state index in [1.165, 1.54) is 12.1 Å². The number of sulfone groups is 1. The molecule has 0 amide bonds. The molecule has 4 nitrogen and oxygen atoms in total. The average Bonchev–Trinajstić information content (AvgIpc) is 3.26. The minimum atomic E-state index is -3.59. The van der Waals surface area contributed by atoms with E-state index in [-0.39, 0.29) is 18.0 Å². The van der Waals surface area contributed by atoms with Crippen LogP contribution in [0, 0.1) is 11.2 Å². The van der Waals surface area contributed by atoms with Gasteiger partial charge in [0.05, 0.1) is 10.1 Å². The van der Waals surface area contributed by atoms with Crippen LogP contribution in [-0.2, 0) is 9.84 Å². The molecule has 0 unspecified atom stereocenters. The fourth-order valence-corrected chi connectivity index (χ4v) is 5.97. The zero-order valence-corrected chi connectivity index (χ0v) is 13.3. The van der Waals surface area contributed by atoms with Gasteiger partial charge in [0, 0.05) is 24.4 Å². The second-order valence-corrected chi connectivity index (χ2v) is 8.02. The largest absolute Gasteiger partial charge is 0.330 e. The highest BCUT2D eigenvalue weighted by Gasteiger charge is 2.69. The molecule has 2 aromatic carbocycles. The van der Waals surface area contributed by atoms with Gasteiger partial charge in [-0.2, -0.15) is 0 Å². The molecule has 1 fully saturated rings. The van der Waals surface area contributed by atoms with E-state index >= 15 is 0 Å². The topological polar surface area (TPSA) is 86.2 Å². The zero-order valence-electron chi connectivity index (χ0n) is 12.5. The molecule has 3 rings (SSSR count). The van der Waals surface area contributed by atoms with Gasteiger partial charge >= 0.3 is 0 Å². The van der Waals surface area contributed by atoms with Crippen molar-refractivity contribution in [2.45, 2.75) is 16.1 Å². The van der Waals surface area contributed by atoms with Crippen LogP contribution in [0.2, 0.25) is 0 Å². The number of rotatable bonds is 5.